The molecular formula is C53H57N11O12S. The molecule has 1 atom stereocenters. The molecule has 77 heavy (non-hydrogen) atoms. The zero-order valence-corrected chi connectivity index (χ0v) is 43.0. The first-order valence-electron chi connectivity index (χ1n) is 25.1. The summed E-state index contributed by atoms with van der Waals surface area (Å²) in [5, 5.41) is 14.5. The average Bonchev–Trinajstić information content (AvgIpc) is 4.12. The number of anilines is 2. The molecule has 4 aliphatic heterocycles. The van der Waals surface area contributed by atoms with E-state index in [4.69, 9.17) is 4.74 Å². The van der Waals surface area contributed by atoms with Crippen molar-refractivity contribution in [3.63, 3.8) is 0 Å². The maximum absolute atomic E-state index is 14.1. The molecule has 8 amide bonds. The van der Waals surface area contributed by atoms with Gasteiger partial charge in [-0.2, -0.15) is 0 Å². The van der Waals surface area contributed by atoms with Gasteiger partial charge in [-0.1, -0.05) is 24.3 Å². The Morgan fingerprint density at radius 3 is 2.23 bits per heavy atom. The number of nitrogens with one attached hydrogen (secondary N) is 7. The quantitative estimate of drug-likeness (QED) is 0.0435. The number of hydrogen-bond donors (Lipinski definition) is 7. The molecule has 2 fully saturated rings. The highest BCUT2D eigenvalue weighted by atomic mass is 32.2. The van der Waals surface area contributed by atoms with Crippen molar-refractivity contribution in [3.05, 3.63) is 118 Å². The number of amides is 8. The third-order valence-electron chi connectivity index (χ3n) is 13.8. The first-order valence-corrected chi connectivity index (χ1v) is 27.0. The number of likely N-dealkylation sites (tertiary alicyclic amines) is 1. The van der Waals surface area contributed by atoms with E-state index in [9.17, 15) is 51.6 Å². The van der Waals surface area contributed by atoms with Crippen molar-refractivity contribution >= 4 is 79.6 Å². The number of pyridine rings is 1. The molecule has 2 aromatic heterocycles. The predicted octanol–water partition coefficient (Wildman–Crippen LogP) is 2.32. The normalized spacial score (nSPS) is 16.9. The maximum Gasteiger partial charge on any atom is 0.274 e. The Bertz CT molecular complexity index is 3400. The fraction of sp³-hybridized carbons (Fsp3) is 0.340. The number of benzene rings is 3. The molecule has 24 heteroatoms. The number of imide groups is 2. The summed E-state index contributed by atoms with van der Waals surface area (Å²) in [5.41, 5.74) is 2.30. The third kappa shape index (κ3) is 12.2. The van der Waals surface area contributed by atoms with E-state index in [0.717, 1.165) is 60.5 Å². The summed E-state index contributed by atoms with van der Waals surface area (Å²) in [6, 6.07) is 18.0. The SMILES string of the molecule is Cn1cc(-c2cc(NS(C)(=O)=O)c(C(=O)NCCCN3CCC(Nc4cccc5c4CN(C4CCC(=O)NC4=O)C5=O)CC3)cc2Oc2ccccc2)c2cc(C(=O)NCCNC(=O)CCN3C(=O)C=CC3=O)[nH]c2c1=O. The van der Waals surface area contributed by atoms with Crippen LogP contribution in [-0.4, -0.2) is 144 Å². The molecule has 0 radical (unpaired) electrons. The lowest BCUT2D eigenvalue weighted by molar-refractivity contribution is -0.138. The minimum atomic E-state index is -3.97. The van der Waals surface area contributed by atoms with Gasteiger partial charge in [0.2, 0.25) is 27.7 Å². The Morgan fingerprint density at radius 1 is 0.779 bits per heavy atom. The number of fused-ring (bicyclic) bond motifs is 2. The summed E-state index contributed by atoms with van der Waals surface area (Å²) < 4.78 is 36.0. The van der Waals surface area contributed by atoms with E-state index in [1.165, 1.54) is 36.0 Å². The molecule has 2 saturated heterocycles. The average molecular weight is 1070 g/mol. The van der Waals surface area contributed by atoms with Gasteiger partial charge in [0.15, 0.2) is 0 Å². The number of sulfonamides is 1. The molecule has 402 valence electrons. The van der Waals surface area contributed by atoms with Gasteiger partial charge in [0.1, 0.15) is 28.8 Å². The second-order valence-corrected chi connectivity index (χ2v) is 21.0. The number of para-hydroxylation sites is 1. The van der Waals surface area contributed by atoms with Crippen LogP contribution in [0.2, 0.25) is 0 Å². The van der Waals surface area contributed by atoms with Gasteiger partial charge in [-0.25, -0.2) is 8.42 Å². The standard InChI is InChI=1S/C53H57N11O12S/c1-61-29-37(35-27-41(58-48(35)53(61)73)50(70)56-21-20-54-44(65)18-25-63-46(67)14-15-47(63)68)34-26-40(60-77(2,74)75)36(28-43(34)76-32-8-4-3-5-9-32)49(69)55-19-7-22-62-23-16-31(17-24-62)57-39-11-6-10-33-38(39)30-64(52(33)72)42-12-13-45(66)59-51(42)71/h3-6,8-11,14-15,26-29,31,42,57-58,60H,7,12-13,16-25,30H2,1-2H3,(H,54,65)(H,55,69)(H,56,70)(H,59,66,71). The topological polar surface area (TPSA) is 300 Å². The van der Waals surface area contributed by atoms with Gasteiger partial charge in [0.25, 0.3) is 35.1 Å². The first kappa shape index (κ1) is 53.2. The van der Waals surface area contributed by atoms with E-state index in [0.29, 0.717) is 29.8 Å². The molecule has 5 aromatic rings. The van der Waals surface area contributed by atoms with Crippen molar-refractivity contribution < 1.29 is 51.5 Å². The molecule has 7 N–H and O–H groups in total. The van der Waals surface area contributed by atoms with Crippen molar-refractivity contribution in [3.8, 4) is 22.6 Å². The molecule has 0 saturated carbocycles. The maximum atomic E-state index is 14.1. The Hall–Kier alpha value is -8.64. The Labute approximate surface area is 441 Å². The summed E-state index contributed by atoms with van der Waals surface area (Å²) in [5.74, 6) is -3.13. The molecule has 0 aliphatic carbocycles. The van der Waals surface area contributed by atoms with Gasteiger partial charge in [-0.05, 0) is 74.7 Å². The number of aromatic amines is 1. The van der Waals surface area contributed by atoms with Crippen molar-refractivity contribution in [2.45, 2.75) is 57.2 Å². The lowest BCUT2D eigenvalue weighted by Crippen LogP contribution is -2.52. The largest absolute Gasteiger partial charge is 0.457 e. The van der Waals surface area contributed by atoms with Crippen LogP contribution >= 0.6 is 0 Å². The van der Waals surface area contributed by atoms with E-state index >= 15 is 0 Å². The van der Waals surface area contributed by atoms with Crippen LogP contribution in [0.3, 0.4) is 0 Å². The molecule has 9 rings (SSSR count). The van der Waals surface area contributed by atoms with E-state index in [1.54, 1.807) is 41.3 Å². The molecule has 6 heterocycles. The summed E-state index contributed by atoms with van der Waals surface area (Å²) in [4.78, 5) is 123. The molecule has 0 bridgehead atoms. The number of aryl methyl sites for hydroxylation is 1. The van der Waals surface area contributed by atoms with Crippen molar-refractivity contribution in [2.75, 3.05) is 62.1 Å². The third-order valence-corrected chi connectivity index (χ3v) is 14.4. The van der Waals surface area contributed by atoms with Gasteiger partial charge in [0.05, 0.1) is 17.5 Å². The summed E-state index contributed by atoms with van der Waals surface area (Å²) in [6.45, 7) is 2.64. The molecule has 4 aliphatic rings. The fourth-order valence-electron chi connectivity index (χ4n) is 9.90. The second kappa shape index (κ2) is 22.7. The molecule has 23 nitrogen and oxygen atoms in total. The molecule has 1 unspecified atom stereocenters. The van der Waals surface area contributed by atoms with Crippen LogP contribution in [0.25, 0.3) is 22.0 Å². The van der Waals surface area contributed by atoms with Crippen molar-refractivity contribution in [1.29, 1.82) is 0 Å². The molecular weight excluding hydrogens is 1010 g/mol. The van der Waals surface area contributed by atoms with E-state index in [2.05, 4.69) is 41.2 Å². The van der Waals surface area contributed by atoms with Crippen LogP contribution in [0.5, 0.6) is 11.5 Å². The second-order valence-electron chi connectivity index (χ2n) is 19.2. The van der Waals surface area contributed by atoms with Crippen LogP contribution in [0.4, 0.5) is 11.4 Å². The van der Waals surface area contributed by atoms with Gasteiger partial charge < -0.3 is 45.4 Å². The van der Waals surface area contributed by atoms with E-state index in [-0.39, 0.29) is 109 Å². The Morgan fingerprint density at radius 2 is 1.51 bits per heavy atom. The van der Waals surface area contributed by atoms with Crippen LogP contribution in [0.1, 0.15) is 75.3 Å². The van der Waals surface area contributed by atoms with E-state index in [1.807, 2.05) is 12.1 Å². The van der Waals surface area contributed by atoms with E-state index < -0.39 is 57.1 Å². The summed E-state index contributed by atoms with van der Waals surface area (Å²) in [6.07, 6.45) is 7.26. The first-order chi connectivity index (χ1) is 36.9. The number of H-pyrrole nitrogens is 1. The monoisotopic (exact) mass is 1070 g/mol. The minimum Gasteiger partial charge on any atom is -0.457 e. The number of ether oxygens (including phenoxy) is 1. The lowest BCUT2D eigenvalue weighted by atomic mass is 9.99. The number of aromatic nitrogens is 2. The van der Waals surface area contributed by atoms with Gasteiger partial charge in [-0.3, -0.25) is 58.1 Å². The van der Waals surface area contributed by atoms with Crippen LogP contribution in [0, 0.1) is 0 Å². The smallest absolute Gasteiger partial charge is 0.274 e. The molecule has 3 aromatic carbocycles. The van der Waals surface area contributed by atoms with Gasteiger partial charge in [0, 0.05) is 123 Å². The Kier molecular flexibility index (Phi) is 15.7. The zero-order chi connectivity index (χ0) is 54.5. The lowest BCUT2D eigenvalue weighted by Gasteiger charge is -2.33. The van der Waals surface area contributed by atoms with Crippen molar-refractivity contribution in [2.24, 2.45) is 7.05 Å². The predicted molar refractivity (Wildman–Crippen MR) is 282 cm³/mol. The number of carbonyl (C=O) groups excluding carboxylic acids is 8. The van der Waals surface area contributed by atoms with Crippen LogP contribution in [0.15, 0.2) is 89.9 Å². The summed E-state index contributed by atoms with van der Waals surface area (Å²) >= 11 is 0. The van der Waals surface area contributed by atoms with Gasteiger partial charge >= 0.3 is 0 Å². The minimum absolute atomic E-state index is 0.00174. The Balaban J connectivity index is 0.853. The highest BCUT2D eigenvalue weighted by molar-refractivity contribution is 7.92. The fourth-order valence-corrected chi connectivity index (χ4v) is 10.5. The number of rotatable bonds is 20. The van der Waals surface area contributed by atoms with Crippen molar-refractivity contribution in [1.82, 2.24) is 45.5 Å². The van der Waals surface area contributed by atoms with Crippen LogP contribution < -0.4 is 41.6 Å². The zero-order valence-electron chi connectivity index (χ0n) is 42.2. The number of nitrogens with zero attached hydrogens (tertiary/aromatic N) is 4. The number of carbonyl (C=O) groups is 8. The van der Waals surface area contributed by atoms with Crippen LogP contribution in [-0.2, 0) is 47.6 Å². The molecule has 0 spiro atoms. The van der Waals surface area contributed by atoms with Gasteiger partial charge in [-0.15, -0.1) is 0 Å². The highest BCUT2D eigenvalue weighted by Crippen LogP contribution is 2.41. The highest BCUT2D eigenvalue weighted by Gasteiger charge is 2.40. The number of piperidine rings is 2. The number of hydrogen-bond acceptors (Lipinski definition) is 14. The summed E-state index contributed by atoms with van der Waals surface area (Å²) in [7, 11) is -2.46.